The van der Waals surface area contributed by atoms with Crippen LogP contribution in [0.4, 0.5) is 4.79 Å². The molecule has 1 aromatic carbocycles. The molecule has 4 rings (SSSR count). The Balaban J connectivity index is 1.62. The SMILES string of the molecule is Cc1ccc(CN2CCN(C(=O)O)CC2)cc1-c1ccc2c(n1)n(C)c(=O)n2CC(C)(C)C. The highest BCUT2D eigenvalue weighted by Crippen LogP contribution is 2.27. The van der Waals surface area contributed by atoms with E-state index in [4.69, 9.17) is 10.1 Å². The van der Waals surface area contributed by atoms with Crippen molar-refractivity contribution in [3.63, 3.8) is 0 Å². The second-order valence-corrected chi connectivity index (χ2v) is 10.2. The molecule has 0 saturated carbocycles. The van der Waals surface area contributed by atoms with Gasteiger partial charge in [-0.15, -0.1) is 0 Å². The molecule has 3 aromatic rings. The van der Waals surface area contributed by atoms with Crippen LogP contribution in [0.3, 0.4) is 0 Å². The molecule has 2 aromatic heterocycles. The third kappa shape index (κ3) is 4.80. The lowest BCUT2D eigenvalue weighted by molar-refractivity contribution is 0.103. The summed E-state index contributed by atoms with van der Waals surface area (Å²) in [5.74, 6) is 0. The van der Waals surface area contributed by atoms with Crippen molar-refractivity contribution in [1.82, 2.24) is 23.9 Å². The van der Waals surface area contributed by atoms with Crippen LogP contribution >= 0.6 is 0 Å². The number of carbonyl (C=O) groups is 1. The first-order chi connectivity index (χ1) is 15.5. The Kier molecular flexibility index (Phi) is 6.05. The summed E-state index contributed by atoms with van der Waals surface area (Å²) in [7, 11) is 1.78. The predicted molar refractivity (Wildman–Crippen MR) is 129 cm³/mol. The number of aromatic nitrogens is 3. The lowest BCUT2D eigenvalue weighted by Gasteiger charge is -2.33. The lowest BCUT2D eigenvalue weighted by atomic mass is 9.97. The summed E-state index contributed by atoms with van der Waals surface area (Å²) in [5, 5.41) is 9.15. The van der Waals surface area contributed by atoms with Crippen LogP contribution in [0.15, 0.2) is 35.1 Å². The van der Waals surface area contributed by atoms with Crippen LogP contribution in [0.1, 0.15) is 31.9 Å². The van der Waals surface area contributed by atoms with Crippen LogP contribution in [0.25, 0.3) is 22.4 Å². The number of rotatable bonds is 4. The maximum absolute atomic E-state index is 12.9. The smallest absolute Gasteiger partial charge is 0.407 e. The molecule has 0 atom stereocenters. The summed E-state index contributed by atoms with van der Waals surface area (Å²) in [4.78, 5) is 32.6. The molecule has 3 heterocycles. The number of carboxylic acid groups (broad SMARTS) is 1. The van der Waals surface area contributed by atoms with Crippen molar-refractivity contribution in [2.45, 2.75) is 40.8 Å². The van der Waals surface area contributed by atoms with E-state index in [0.29, 0.717) is 25.3 Å². The molecule has 0 bridgehead atoms. The zero-order valence-electron chi connectivity index (χ0n) is 20.1. The normalized spacial score (nSPS) is 15.4. The van der Waals surface area contributed by atoms with E-state index < -0.39 is 6.09 Å². The Labute approximate surface area is 194 Å². The minimum absolute atomic E-state index is 0.0162. The van der Waals surface area contributed by atoms with Gasteiger partial charge in [-0.25, -0.2) is 14.6 Å². The molecule has 1 fully saturated rings. The highest BCUT2D eigenvalue weighted by Gasteiger charge is 2.21. The fourth-order valence-electron chi connectivity index (χ4n) is 4.45. The van der Waals surface area contributed by atoms with Gasteiger partial charge in [0.1, 0.15) is 0 Å². The van der Waals surface area contributed by atoms with E-state index >= 15 is 0 Å². The Morgan fingerprint density at radius 2 is 1.79 bits per heavy atom. The van der Waals surface area contributed by atoms with Gasteiger partial charge in [-0.05, 0) is 41.7 Å². The minimum atomic E-state index is -0.848. The van der Waals surface area contributed by atoms with Crippen molar-refractivity contribution in [2.75, 3.05) is 26.2 Å². The van der Waals surface area contributed by atoms with Crippen molar-refractivity contribution < 1.29 is 9.90 Å². The Morgan fingerprint density at radius 1 is 1.09 bits per heavy atom. The number of amides is 1. The molecule has 0 unspecified atom stereocenters. The van der Waals surface area contributed by atoms with Gasteiger partial charge >= 0.3 is 11.8 Å². The van der Waals surface area contributed by atoms with E-state index in [1.165, 1.54) is 10.5 Å². The molecule has 1 amide bonds. The summed E-state index contributed by atoms with van der Waals surface area (Å²) >= 11 is 0. The molecule has 0 spiro atoms. The number of hydrogen-bond acceptors (Lipinski definition) is 4. The highest BCUT2D eigenvalue weighted by molar-refractivity contribution is 5.77. The third-order valence-corrected chi connectivity index (χ3v) is 6.24. The number of benzene rings is 1. The number of aryl methyl sites for hydroxylation is 2. The molecule has 8 nitrogen and oxygen atoms in total. The summed E-state index contributed by atoms with van der Waals surface area (Å²) < 4.78 is 3.44. The van der Waals surface area contributed by atoms with Gasteiger partial charge < -0.3 is 10.0 Å². The quantitative estimate of drug-likeness (QED) is 0.656. The number of piperazine rings is 1. The standard InChI is InChI=1S/C25H33N5O3/c1-17-6-7-18(15-28-10-12-29(13-11-28)24(32)33)14-19(17)20-8-9-21-22(26-20)27(5)23(31)30(21)16-25(2,3)4/h6-9,14H,10-13,15-16H2,1-5H3,(H,32,33). The summed E-state index contributed by atoms with van der Waals surface area (Å²) in [6.45, 7) is 12.4. The van der Waals surface area contributed by atoms with E-state index in [1.54, 1.807) is 11.6 Å². The zero-order chi connectivity index (χ0) is 23.9. The van der Waals surface area contributed by atoms with Gasteiger partial charge in [0.15, 0.2) is 5.65 Å². The van der Waals surface area contributed by atoms with Gasteiger partial charge in [0, 0.05) is 51.9 Å². The number of nitrogens with zero attached hydrogens (tertiary/aromatic N) is 5. The Bertz CT molecular complexity index is 1240. The van der Waals surface area contributed by atoms with Gasteiger partial charge in [0.05, 0.1) is 11.2 Å². The molecule has 1 aliphatic heterocycles. The van der Waals surface area contributed by atoms with Crippen molar-refractivity contribution in [3.8, 4) is 11.3 Å². The van der Waals surface area contributed by atoms with Gasteiger partial charge in [-0.3, -0.25) is 14.0 Å². The van der Waals surface area contributed by atoms with E-state index in [9.17, 15) is 9.59 Å². The molecule has 0 aliphatic carbocycles. The maximum Gasteiger partial charge on any atom is 0.407 e. The first-order valence-corrected chi connectivity index (χ1v) is 11.4. The summed E-state index contributed by atoms with van der Waals surface area (Å²) in [6, 6.07) is 10.4. The molecule has 8 heteroatoms. The Hall–Kier alpha value is -3.13. The number of pyridine rings is 1. The van der Waals surface area contributed by atoms with E-state index in [0.717, 1.165) is 42.0 Å². The van der Waals surface area contributed by atoms with Crippen molar-refractivity contribution >= 4 is 17.3 Å². The van der Waals surface area contributed by atoms with Crippen LogP contribution in [-0.2, 0) is 20.1 Å². The highest BCUT2D eigenvalue weighted by atomic mass is 16.4. The summed E-state index contributed by atoms with van der Waals surface area (Å²) in [5.41, 5.74) is 5.67. The van der Waals surface area contributed by atoms with Crippen LogP contribution < -0.4 is 5.69 Å². The predicted octanol–water partition coefficient (Wildman–Crippen LogP) is 3.55. The fraction of sp³-hybridized carbons (Fsp3) is 0.480. The third-order valence-electron chi connectivity index (χ3n) is 6.24. The molecule has 176 valence electrons. The first kappa shape index (κ1) is 23.0. The van der Waals surface area contributed by atoms with E-state index in [1.807, 2.05) is 16.7 Å². The van der Waals surface area contributed by atoms with Crippen molar-refractivity contribution in [2.24, 2.45) is 12.5 Å². The minimum Gasteiger partial charge on any atom is -0.465 e. The molecule has 33 heavy (non-hydrogen) atoms. The average Bonchev–Trinajstić information content (AvgIpc) is 2.98. The summed E-state index contributed by atoms with van der Waals surface area (Å²) in [6.07, 6.45) is -0.848. The van der Waals surface area contributed by atoms with Crippen molar-refractivity contribution in [1.29, 1.82) is 0 Å². The second kappa shape index (κ2) is 8.67. The molecular formula is C25H33N5O3. The number of hydrogen-bond donors (Lipinski definition) is 1. The molecule has 1 N–H and O–H groups in total. The second-order valence-electron chi connectivity index (χ2n) is 10.2. The van der Waals surface area contributed by atoms with Crippen LogP contribution in [0, 0.1) is 12.3 Å². The average molecular weight is 452 g/mol. The number of imidazole rings is 1. The fourth-order valence-corrected chi connectivity index (χ4v) is 4.45. The molecule has 1 saturated heterocycles. The number of fused-ring (bicyclic) bond motifs is 1. The van der Waals surface area contributed by atoms with Gasteiger partial charge in [-0.1, -0.05) is 32.9 Å². The largest absolute Gasteiger partial charge is 0.465 e. The van der Waals surface area contributed by atoms with E-state index in [-0.39, 0.29) is 11.1 Å². The van der Waals surface area contributed by atoms with Crippen LogP contribution in [-0.4, -0.2) is 61.3 Å². The van der Waals surface area contributed by atoms with Gasteiger partial charge in [0.2, 0.25) is 0 Å². The molecule has 0 radical (unpaired) electrons. The maximum atomic E-state index is 12.9. The zero-order valence-corrected chi connectivity index (χ0v) is 20.1. The van der Waals surface area contributed by atoms with Crippen LogP contribution in [0.2, 0.25) is 0 Å². The lowest BCUT2D eigenvalue weighted by Crippen LogP contribution is -2.47. The van der Waals surface area contributed by atoms with Crippen molar-refractivity contribution in [3.05, 3.63) is 51.9 Å². The van der Waals surface area contributed by atoms with Gasteiger partial charge in [0.25, 0.3) is 0 Å². The Morgan fingerprint density at radius 3 is 2.42 bits per heavy atom. The first-order valence-electron chi connectivity index (χ1n) is 11.4. The molecular weight excluding hydrogens is 418 g/mol. The molecule has 1 aliphatic rings. The topological polar surface area (TPSA) is 83.6 Å². The van der Waals surface area contributed by atoms with Gasteiger partial charge in [-0.2, -0.15) is 0 Å². The van der Waals surface area contributed by atoms with E-state index in [2.05, 4.69) is 50.8 Å². The monoisotopic (exact) mass is 451 g/mol. The van der Waals surface area contributed by atoms with Crippen LogP contribution in [0.5, 0.6) is 0 Å².